The molecule has 0 saturated heterocycles. The normalized spacial score (nSPS) is 13.2. The highest BCUT2D eigenvalue weighted by molar-refractivity contribution is 7.85. The van der Waals surface area contributed by atoms with Crippen LogP contribution < -0.4 is 0 Å². The topological polar surface area (TPSA) is 37.3 Å². The van der Waals surface area contributed by atoms with Crippen molar-refractivity contribution >= 4 is 10.8 Å². The highest BCUT2D eigenvalue weighted by Crippen LogP contribution is 2.31. The summed E-state index contributed by atoms with van der Waals surface area (Å²) in [5, 5.41) is 9.99. The van der Waals surface area contributed by atoms with Crippen molar-refractivity contribution in [3.05, 3.63) is 53.6 Å². The summed E-state index contributed by atoms with van der Waals surface area (Å²) in [6, 6.07) is 12.9. The molecule has 0 spiro atoms. The first kappa shape index (κ1) is 14.8. The van der Waals surface area contributed by atoms with Gasteiger partial charge in [0, 0.05) is 4.90 Å². The number of benzene rings is 2. The van der Waals surface area contributed by atoms with E-state index < -0.39 is 10.8 Å². The summed E-state index contributed by atoms with van der Waals surface area (Å²) >= 11 is 0. The number of aromatic hydroxyl groups is 1. The zero-order valence-electron chi connectivity index (χ0n) is 12.3. The zero-order valence-corrected chi connectivity index (χ0v) is 13.1. The van der Waals surface area contributed by atoms with E-state index in [2.05, 4.69) is 20.8 Å². The Morgan fingerprint density at radius 3 is 2.15 bits per heavy atom. The van der Waals surface area contributed by atoms with Crippen molar-refractivity contribution in [2.24, 2.45) is 0 Å². The molecule has 3 heteroatoms. The number of hydrogen-bond donors (Lipinski definition) is 1. The molecule has 20 heavy (non-hydrogen) atoms. The second-order valence-electron chi connectivity index (χ2n) is 6.01. The second kappa shape index (κ2) is 5.41. The maximum absolute atomic E-state index is 12.6. The lowest BCUT2D eigenvalue weighted by Crippen LogP contribution is -2.11. The highest BCUT2D eigenvalue weighted by Gasteiger charge is 2.18. The van der Waals surface area contributed by atoms with Crippen LogP contribution in [0.2, 0.25) is 0 Å². The van der Waals surface area contributed by atoms with Crippen LogP contribution in [0.15, 0.2) is 52.3 Å². The molecule has 0 heterocycles. The van der Waals surface area contributed by atoms with Crippen molar-refractivity contribution in [2.45, 2.75) is 42.9 Å². The lowest BCUT2D eigenvalue weighted by molar-refractivity contribution is 0.459. The molecule has 0 aliphatic rings. The molecule has 0 radical (unpaired) electrons. The molecule has 0 aliphatic heterocycles. The van der Waals surface area contributed by atoms with E-state index in [9.17, 15) is 9.32 Å². The third-order valence-electron chi connectivity index (χ3n) is 3.26. The molecule has 0 fully saturated rings. The van der Waals surface area contributed by atoms with Crippen LogP contribution in [0.25, 0.3) is 0 Å². The Bertz CT molecular complexity index is 637. The molecule has 2 rings (SSSR count). The van der Waals surface area contributed by atoms with Crippen LogP contribution in [0.5, 0.6) is 5.75 Å². The van der Waals surface area contributed by atoms with Crippen LogP contribution in [-0.2, 0) is 16.2 Å². The van der Waals surface area contributed by atoms with E-state index in [1.807, 2.05) is 43.3 Å². The van der Waals surface area contributed by atoms with Crippen molar-refractivity contribution in [1.82, 2.24) is 0 Å². The van der Waals surface area contributed by atoms with Gasteiger partial charge in [0.15, 0.2) is 0 Å². The lowest BCUT2D eigenvalue weighted by atomic mass is 9.87. The third kappa shape index (κ3) is 3.10. The molecule has 0 amide bonds. The fourth-order valence-electron chi connectivity index (χ4n) is 1.92. The van der Waals surface area contributed by atoms with Crippen molar-refractivity contribution < 1.29 is 9.32 Å². The first-order chi connectivity index (χ1) is 9.29. The average Bonchev–Trinajstić information content (AvgIpc) is 2.38. The fourth-order valence-corrected chi connectivity index (χ4v) is 3.05. The first-order valence-corrected chi connectivity index (χ1v) is 7.76. The molecule has 1 unspecified atom stereocenters. The molecule has 0 saturated carbocycles. The van der Waals surface area contributed by atoms with Gasteiger partial charge >= 0.3 is 0 Å². The van der Waals surface area contributed by atoms with Gasteiger partial charge in [-0.25, -0.2) is 4.21 Å². The molecule has 2 nitrogen and oxygen atoms in total. The van der Waals surface area contributed by atoms with Crippen molar-refractivity contribution in [1.29, 1.82) is 0 Å². The number of phenols is 1. The Morgan fingerprint density at radius 1 is 1.00 bits per heavy atom. The van der Waals surface area contributed by atoms with Crippen LogP contribution >= 0.6 is 0 Å². The predicted molar refractivity (Wildman–Crippen MR) is 82.7 cm³/mol. The van der Waals surface area contributed by atoms with Gasteiger partial charge in [-0.05, 0) is 42.2 Å². The van der Waals surface area contributed by atoms with Gasteiger partial charge in [-0.3, -0.25) is 0 Å². The Kier molecular flexibility index (Phi) is 4.00. The minimum absolute atomic E-state index is 0.0417. The van der Waals surface area contributed by atoms with E-state index in [0.29, 0.717) is 9.79 Å². The van der Waals surface area contributed by atoms with E-state index in [1.165, 1.54) is 0 Å². The number of aryl methyl sites for hydroxylation is 1. The Hall–Kier alpha value is -1.61. The number of phenolic OH excluding ortho intramolecular Hbond substituents is 1. The molecule has 0 aliphatic carbocycles. The average molecular weight is 288 g/mol. The molecular weight excluding hydrogens is 268 g/mol. The maximum Gasteiger partial charge on any atom is 0.132 e. The molecular formula is C17H20O2S. The molecule has 1 N–H and O–H groups in total. The maximum atomic E-state index is 12.6. The summed E-state index contributed by atoms with van der Waals surface area (Å²) in [4.78, 5) is 1.18. The molecule has 2 aromatic carbocycles. The Balaban J connectivity index is 2.46. The smallest absolute Gasteiger partial charge is 0.132 e. The summed E-state index contributed by atoms with van der Waals surface area (Å²) in [6.07, 6.45) is 0. The SMILES string of the molecule is Cc1ccc(S(=O)c2cc(C(C)(C)C)ccc2O)cc1. The minimum atomic E-state index is -1.36. The van der Waals surface area contributed by atoms with Gasteiger partial charge in [0.1, 0.15) is 5.75 Å². The number of hydrogen-bond acceptors (Lipinski definition) is 2. The molecule has 1 atom stereocenters. The van der Waals surface area contributed by atoms with E-state index in [0.717, 1.165) is 11.1 Å². The van der Waals surface area contributed by atoms with Crippen molar-refractivity contribution in [2.75, 3.05) is 0 Å². The van der Waals surface area contributed by atoms with Crippen molar-refractivity contribution in [3.8, 4) is 5.75 Å². The summed E-state index contributed by atoms with van der Waals surface area (Å²) in [5.74, 6) is 0.0805. The minimum Gasteiger partial charge on any atom is -0.507 e. The van der Waals surface area contributed by atoms with E-state index in [-0.39, 0.29) is 11.2 Å². The van der Waals surface area contributed by atoms with Crippen LogP contribution in [0.3, 0.4) is 0 Å². The predicted octanol–water partition coefficient (Wildman–Crippen LogP) is 4.16. The van der Waals surface area contributed by atoms with Gasteiger partial charge in [-0.2, -0.15) is 0 Å². The first-order valence-electron chi connectivity index (χ1n) is 6.61. The number of rotatable bonds is 2. The Morgan fingerprint density at radius 2 is 1.60 bits per heavy atom. The van der Waals surface area contributed by atoms with Crippen LogP contribution in [0, 0.1) is 6.92 Å². The molecule has 0 bridgehead atoms. The molecule has 0 aromatic heterocycles. The zero-order chi connectivity index (χ0) is 14.9. The van der Waals surface area contributed by atoms with Crippen LogP contribution in [0.4, 0.5) is 0 Å². The van der Waals surface area contributed by atoms with Gasteiger partial charge in [-0.15, -0.1) is 0 Å². The highest BCUT2D eigenvalue weighted by atomic mass is 32.2. The van der Waals surface area contributed by atoms with Gasteiger partial charge in [0.05, 0.1) is 15.7 Å². The van der Waals surface area contributed by atoms with E-state index >= 15 is 0 Å². The molecule has 106 valence electrons. The summed E-state index contributed by atoms with van der Waals surface area (Å²) < 4.78 is 12.6. The van der Waals surface area contributed by atoms with E-state index in [4.69, 9.17) is 0 Å². The van der Waals surface area contributed by atoms with Crippen LogP contribution in [0.1, 0.15) is 31.9 Å². The standard InChI is InChI=1S/C17H20O2S/c1-12-5-8-14(9-6-12)20(19)16-11-13(17(2,3)4)7-10-15(16)18/h5-11,18H,1-4H3. The van der Waals surface area contributed by atoms with Gasteiger partial charge in [0.25, 0.3) is 0 Å². The lowest BCUT2D eigenvalue weighted by Gasteiger charge is -2.20. The van der Waals surface area contributed by atoms with E-state index in [1.54, 1.807) is 6.07 Å². The summed E-state index contributed by atoms with van der Waals surface area (Å²) in [7, 11) is -1.36. The molecule has 2 aromatic rings. The van der Waals surface area contributed by atoms with Gasteiger partial charge < -0.3 is 5.11 Å². The quantitative estimate of drug-likeness (QED) is 0.900. The van der Waals surface area contributed by atoms with Gasteiger partial charge in [0.2, 0.25) is 0 Å². The van der Waals surface area contributed by atoms with Crippen molar-refractivity contribution in [3.63, 3.8) is 0 Å². The summed E-state index contributed by atoms with van der Waals surface area (Å²) in [6.45, 7) is 8.28. The fraction of sp³-hybridized carbons (Fsp3) is 0.294. The largest absolute Gasteiger partial charge is 0.507 e. The van der Waals surface area contributed by atoms with Crippen LogP contribution in [-0.4, -0.2) is 9.32 Å². The Labute approximate surface area is 122 Å². The summed E-state index contributed by atoms with van der Waals surface area (Å²) in [5.41, 5.74) is 2.14. The third-order valence-corrected chi connectivity index (χ3v) is 4.69. The monoisotopic (exact) mass is 288 g/mol. The second-order valence-corrected chi connectivity index (χ2v) is 7.46. The van der Waals surface area contributed by atoms with Gasteiger partial charge in [-0.1, -0.05) is 44.5 Å².